The first-order valence-corrected chi connectivity index (χ1v) is 6.68. The Morgan fingerprint density at radius 3 is 2.78 bits per heavy atom. The van der Waals surface area contributed by atoms with Crippen LogP contribution >= 0.6 is 11.8 Å². The molecule has 1 unspecified atom stereocenters. The molecule has 0 spiro atoms. The summed E-state index contributed by atoms with van der Waals surface area (Å²) >= 11 is 1.26. The Labute approximate surface area is 108 Å². The van der Waals surface area contributed by atoms with Crippen molar-refractivity contribution in [3.05, 3.63) is 10.6 Å². The Morgan fingerprint density at radius 1 is 1.61 bits per heavy atom. The molecule has 3 atom stereocenters. The van der Waals surface area contributed by atoms with Crippen LogP contribution in [0.1, 0.15) is 13.3 Å². The zero-order valence-corrected chi connectivity index (χ0v) is 10.7. The topological polar surface area (TPSA) is 98.1 Å². The number of nitrogens with zero attached hydrogens (tertiary/aromatic N) is 1. The fourth-order valence-electron chi connectivity index (χ4n) is 2.53. The quantitative estimate of drug-likeness (QED) is 0.591. The van der Waals surface area contributed by atoms with Gasteiger partial charge in [-0.25, -0.2) is 4.79 Å². The standard InChI is InChI=1S/C11H15NO5S/c1-5(14)8-6-4-7(18-3-2-13)9(11(16)17)12(6)10(8)15/h5-6,8,13-14H,2-4H2,1H3,(H,16,17)/t5-,6?,8+/m1/s1. The second-order valence-corrected chi connectivity index (χ2v) is 5.58. The zero-order valence-electron chi connectivity index (χ0n) is 9.87. The first-order chi connectivity index (χ1) is 8.49. The summed E-state index contributed by atoms with van der Waals surface area (Å²) in [4.78, 5) is 24.9. The van der Waals surface area contributed by atoms with Crippen molar-refractivity contribution in [1.29, 1.82) is 0 Å². The molecule has 6 nitrogen and oxygen atoms in total. The van der Waals surface area contributed by atoms with Crippen molar-refractivity contribution in [2.75, 3.05) is 12.4 Å². The molecule has 0 aliphatic carbocycles. The molecule has 2 heterocycles. The van der Waals surface area contributed by atoms with Gasteiger partial charge in [-0.05, 0) is 6.92 Å². The lowest BCUT2D eigenvalue weighted by Crippen LogP contribution is -2.61. The van der Waals surface area contributed by atoms with E-state index >= 15 is 0 Å². The van der Waals surface area contributed by atoms with Gasteiger partial charge in [-0.2, -0.15) is 0 Å². The normalized spacial score (nSPS) is 28.2. The molecule has 0 aromatic heterocycles. The van der Waals surface area contributed by atoms with Gasteiger partial charge in [0, 0.05) is 17.1 Å². The van der Waals surface area contributed by atoms with Gasteiger partial charge in [-0.3, -0.25) is 4.79 Å². The number of aliphatic hydroxyl groups excluding tert-OH is 2. The lowest BCUT2D eigenvalue weighted by Gasteiger charge is -2.44. The third-order valence-corrected chi connectivity index (χ3v) is 4.35. The maximum absolute atomic E-state index is 11.8. The number of hydrogen-bond acceptors (Lipinski definition) is 5. The summed E-state index contributed by atoms with van der Waals surface area (Å²) in [5.41, 5.74) is 0.0142. The molecule has 0 saturated carbocycles. The molecule has 0 aromatic rings. The van der Waals surface area contributed by atoms with Crippen LogP contribution in [0.5, 0.6) is 0 Å². The van der Waals surface area contributed by atoms with Crippen molar-refractivity contribution in [3.8, 4) is 0 Å². The maximum atomic E-state index is 11.8. The number of carboxylic acid groups (broad SMARTS) is 1. The van der Waals surface area contributed by atoms with Crippen molar-refractivity contribution >= 4 is 23.6 Å². The highest BCUT2D eigenvalue weighted by Gasteiger charge is 2.56. The minimum Gasteiger partial charge on any atom is -0.477 e. The van der Waals surface area contributed by atoms with Gasteiger partial charge in [-0.15, -0.1) is 11.8 Å². The summed E-state index contributed by atoms with van der Waals surface area (Å²) in [6, 6.07) is -0.246. The third-order valence-electron chi connectivity index (χ3n) is 3.26. The van der Waals surface area contributed by atoms with Gasteiger partial charge >= 0.3 is 5.97 Å². The molecule has 7 heteroatoms. The zero-order chi connectivity index (χ0) is 13.4. The molecule has 1 saturated heterocycles. The Bertz CT molecular complexity index is 420. The number of amides is 1. The van der Waals surface area contributed by atoms with Crippen molar-refractivity contribution in [2.24, 2.45) is 5.92 Å². The predicted molar refractivity (Wildman–Crippen MR) is 64.6 cm³/mol. The number of carbonyl (C=O) groups is 2. The van der Waals surface area contributed by atoms with Crippen molar-refractivity contribution in [2.45, 2.75) is 25.5 Å². The molecule has 1 fully saturated rings. The lowest BCUT2D eigenvalue weighted by molar-refractivity contribution is -0.161. The summed E-state index contributed by atoms with van der Waals surface area (Å²) < 4.78 is 0. The van der Waals surface area contributed by atoms with E-state index in [0.29, 0.717) is 17.1 Å². The van der Waals surface area contributed by atoms with Crippen LogP contribution in [0.2, 0.25) is 0 Å². The smallest absolute Gasteiger partial charge is 0.353 e. The number of β-lactam (4-membered cyclic amide) rings is 1. The number of hydrogen-bond donors (Lipinski definition) is 3. The van der Waals surface area contributed by atoms with Crippen LogP contribution in [-0.2, 0) is 9.59 Å². The fraction of sp³-hybridized carbons (Fsp3) is 0.636. The first kappa shape index (κ1) is 13.4. The summed E-state index contributed by atoms with van der Waals surface area (Å²) in [6.07, 6.45) is -0.316. The van der Waals surface area contributed by atoms with E-state index in [1.165, 1.54) is 16.7 Å². The van der Waals surface area contributed by atoms with E-state index in [1.54, 1.807) is 6.92 Å². The summed E-state index contributed by atoms with van der Waals surface area (Å²) in [5.74, 6) is -1.56. The van der Waals surface area contributed by atoms with Crippen LogP contribution < -0.4 is 0 Å². The molecular weight excluding hydrogens is 258 g/mol. The average molecular weight is 273 g/mol. The van der Waals surface area contributed by atoms with E-state index in [0.717, 1.165) is 0 Å². The molecule has 3 N–H and O–H groups in total. The minimum absolute atomic E-state index is 0.0142. The number of aliphatic hydroxyl groups is 2. The second kappa shape index (κ2) is 4.91. The SMILES string of the molecule is C[C@@H](O)[C@@H]1C(=O)N2C(C(=O)O)=C(SCCO)CC12. The number of fused-ring (bicyclic) bond motifs is 1. The number of carboxylic acids is 1. The van der Waals surface area contributed by atoms with Crippen LogP contribution in [0.15, 0.2) is 10.6 Å². The highest BCUT2D eigenvalue weighted by Crippen LogP contribution is 2.46. The molecular formula is C11H15NO5S. The largest absolute Gasteiger partial charge is 0.477 e. The van der Waals surface area contributed by atoms with Crippen molar-refractivity contribution in [3.63, 3.8) is 0 Å². The molecule has 0 aromatic carbocycles. The summed E-state index contributed by atoms with van der Waals surface area (Å²) in [6.45, 7) is 1.50. The van der Waals surface area contributed by atoms with Crippen LogP contribution in [0.25, 0.3) is 0 Å². The summed E-state index contributed by atoms with van der Waals surface area (Å²) in [5, 5.41) is 27.5. The molecule has 1 amide bonds. The molecule has 0 radical (unpaired) electrons. The molecule has 100 valence electrons. The number of carbonyl (C=O) groups excluding carboxylic acids is 1. The first-order valence-electron chi connectivity index (χ1n) is 5.70. The van der Waals surface area contributed by atoms with Crippen LogP contribution in [-0.4, -0.2) is 56.6 Å². The molecule has 0 bridgehead atoms. The summed E-state index contributed by atoms with van der Waals surface area (Å²) in [7, 11) is 0. The molecule has 18 heavy (non-hydrogen) atoms. The number of rotatable bonds is 5. The van der Waals surface area contributed by atoms with Gasteiger partial charge in [0.25, 0.3) is 0 Å². The Balaban J connectivity index is 2.21. The Kier molecular flexibility index (Phi) is 3.65. The van der Waals surface area contributed by atoms with Gasteiger partial charge in [0.15, 0.2) is 0 Å². The van der Waals surface area contributed by atoms with Crippen LogP contribution in [0, 0.1) is 5.92 Å². The van der Waals surface area contributed by atoms with Crippen molar-refractivity contribution < 1.29 is 24.9 Å². The number of aliphatic carboxylic acids is 1. The van der Waals surface area contributed by atoms with E-state index in [-0.39, 0.29) is 24.3 Å². The maximum Gasteiger partial charge on any atom is 0.353 e. The van der Waals surface area contributed by atoms with Gasteiger partial charge in [0.05, 0.1) is 24.7 Å². The Hall–Kier alpha value is -1.05. The third kappa shape index (κ3) is 1.92. The highest BCUT2D eigenvalue weighted by atomic mass is 32.2. The molecule has 2 aliphatic rings. The number of thioether (sulfide) groups is 1. The van der Waals surface area contributed by atoms with E-state index in [1.807, 2.05) is 0 Å². The van der Waals surface area contributed by atoms with Gasteiger partial charge in [0.2, 0.25) is 5.91 Å². The minimum atomic E-state index is -1.13. The van der Waals surface area contributed by atoms with E-state index < -0.39 is 18.0 Å². The van der Waals surface area contributed by atoms with Gasteiger partial charge in [-0.1, -0.05) is 0 Å². The van der Waals surface area contributed by atoms with E-state index in [2.05, 4.69) is 0 Å². The molecule has 2 aliphatic heterocycles. The lowest BCUT2D eigenvalue weighted by atomic mass is 9.83. The van der Waals surface area contributed by atoms with E-state index in [9.17, 15) is 14.7 Å². The highest BCUT2D eigenvalue weighted by molar-refractivity contribution is 8.03. The monoisotopic (exact) mass is 273 g/mol. The van der Waals surface area contributed by atoms with Crippen LogP contribution in [0.3, 0.4) is 0 Å². The fourth-order valence-corrected chi connectivity index (χ4v) is 3.48. The van der Waals surface area contributed by atoms with E-state index in [4.69, 9.17) is 10.2 Å². The molecule has 2 rings (SSSR count). The van der Waals surface area contributed by atoms with Crippen LogP contribution in [0.4, 0.5) is 0 Å². The van der Waals surface area contributed by atoms with Gasteiger partial charge < -0.3 is 20.2 Å². The Morgan fingerprint density at radius 2 is 2.28 bits per heavy atom. The second-order valence-electron chi connectivity index (χ2n) is 4.40. The predicted octanol–water partition coefficient (Wildman–Crippen LogP) is -0.380. The van der Waals surface area contributed by atoms with Gasteiger partial charge in [0.1, 0.15) is 5.70 Å². The van der Waals surface area contributed by atoms with Crippen molar-refractivity contribution in [1.82, 2.24) is 4.90 Å². The average Bonchev–Trinajstić information content (AvgIpc) is 2.60.